The molecule has 0 aromatic heterocycles. The number of amides is 4. The average Bonchev–Trinajstić information content (AvgIpc) is 3.17. The minimum absolute atomic E-state index is 0.0626. The third-order valence-corrected chi connectivity index (χ3v) is 6.73. The van der Waals surface area contributed by atoms with E-state index in [-0.39, 0.29) is 32.4 Å². The molecular weight excluding hydrogens is 648 g/mol. The van der Waals surface area contributed by atoms with Crippen LogP contribution in [-0.2, 0) is 23.9 Å². The van der Waals surface area contributed by atoms with Crippen molar-refractivity contribution in [1.29, 1.82) is 0 Å². The molecule has 1 atom stereocenters. The van der Waals surface area contributed by atoms with Crippen LogP contribution in [0.1, 0.15) is 38.0 Å². The summed E-state index contributed by atoms with van der Waals surface area (Å²) in [4.78, 5) is 76.2. The number of carbonyl (C=O) groups excluding carboxylic acids is 6. The second-order valence-corrected chi connectivity index (χ2v) is 10.8. The fourth-order valence-electron chi connectivity index (χ4n) is 3.96. The third-order valence-electron chi connectivity index (χ3n) is 5.85. The molecule has 0 fully saturated rings. The zero-order valence-electron chi connectivity index (χ0n) is 21.9. The van der Waals surface area contributed by atoms with Crippen LogP contribution in [0.25, 0.3) is 0 Å². The Labute approximate surface area is 263 Å². The number of nitrogens with one attached hydrogen (secondary N) is 2. The lowest BCUT2D eigenvalue weighted by molar-refractivity contribution is -0.150. The number of nitrogens with zero attached hydrogens (tertiary/aromatic N) is 1. The number of carbonyl (C=O) groups is 6. The number of rotatable bonds is 9. The molecule has 4 rings (SSSR count). The van der Waals surface area contributed by atoms with Gasteiger partial charge in [-0.25, -0.2) is 9.59 Å². The molecule has 3 aromatic rings. The summed E-state index contributed by atoms with van der Waals surface area (Å²) in [5, 5.41) is 6.07. The van der Waals surface area contributed by atoms with Crippen LogP contribution < -0.4 is 10.6 Å². The molecule has 15 heteroatoms. The number of halogens is 4. The van der Waals surface area contributed by atoms with Crippen molar-refractivity contribution in [1.82, 2.24) is 4.90 Å². The Morgan fingerprint density at radius 3 is 1.67 bits per heavy atom. The fraction of sp³-hybridized carbons (Fsp3) is 0.143. The molecule has 0 radical (unpaired) electrons. The summed E-state index contributed by atoms with van der Waals surface area (Å²) in [6.45, 7) is -0.135. The van der Waals surface area contributed by atoms with E-state index in [0.29, 0.717) is 20.6 Å². The van der Waals surface area contributed by atoms with E-state index < -0.39 is 54.8 Å². The number of hydrogen-bond donors (Lipinski definition) is 2. The van der Waals surface area contributed by atoms with Gasteiger partial charge in [0, 0.05) is 31.5 Å². The number of esters is 2. The summed E-state index contributed by atoms with van der Waals surface area (Å²) in [5.74, 6) is -5.03. The second-order valence-electron chi connectivity index (χ2n) is 9.01. The highest BCUT2D eigenvalue weighted by atomic mass is 35.5. The first kappa shape index (κ1) is 31.8. The van der Waals surface area contributed by atoms with Crippen LogP contribution in [0, 0.1) is 0 Å². The molecule has 222 valence electrons. The van der Waals surface area contributed by atoms with Crippen LogP contribution in [0.15, 0.2) is 54.6 Å². The van der Waals surface area contributed by atoms with Crippen LogP contribution in [0.3, 0.4) is 0 Å². The number of imide groups is 1. The lowest BCUT2D eigenvalue weighted by atomic mass is 10.1. The maximum Gasteiger partial charge on any atom is 0.338 e. The monoisotopic (exact) mass is 665 g/mol. The van der Waals surface area contributed by atoms with Gasteiger partial charge >= 0.3 is 11.9 Å². The van der Waals surface area contributed by atoms with Crippen molar-refractivity contribution in [3.05, 3.63) is 91.4 Å². The first-order valence-corrected chi connectivity index (χ1v) is 13.7. The zero-order valence-corrected chi connectivity index (χ0v) is 24.9. The summed E-state index contributed by atoms with van der Waals surface area (Å²) in [7, 11) is 0. The zero-order chi connectivity index (χ0) is 31.4. The average molecular weight is 667 g/mol. The van der Waals surface area contributed by atoms with E-state index in [0.717, 1.165) is 6.07 Å². The first-order chi connectivity index (χ1) is 20.3. The quantitative estimate of drug-likeness (QED) is 0.232. The summed E-state index contributed by atoms with van der Waals surface area (Å²) in [6, 6.07) is 10.9. The van der Waals surface area contributed by atoms with Crippen molar-refractivity contribution >= 4 is 93.3 Å². The normalized spacial score (nSPS) is 12.8. The van der Waals surface area contributed by atoms with Gasteiger partial charge in [0.05, 0.1) is 16.7 Å². The predicted molar refractivity (Wildman–Crippen MR) is 158 cm³/mol. The van der Waals surface area contributed by atoms with E-state index >= 15 is 0 Å². The SMILES string of the molecule is C[C@@H](C(=O)OCC(=O)Nc1cc(Cl)cc(Cl)c1)N1C(=O)c2ccc(C(=O)OCC(=O)Nc3cc(Cl)cc(Cl)c3)cc2C1=O. The molecular formula is C28H19Cl4N3O8. The maximum absolute atomic E-state index is 13.1. The second kappa shape index (κ2) is 13.4. The van der Waals surface area contributed by atoms with E-state index in [2.05, 4.69) is 10.6 Å². The lowest BCUT2D eigenvalue weighted by Crippen LogP contribution is -2.44. The van der Waals surface area contributed by atoms with Crippen LogP contribution >= 0.6 is 46.4 Å². The van der Waals surface area contributed by atoms with E-state index in [1.54, 1.807) is 0 Å². The van der Waals surface area contributed by atoms with Gasteiger partial charge in [-0.05, 0) is 61.5 Å². The molecule has 0 saturated carbocycles. The number of fused-ring (bicyclic) bond motifs is 1. The van der Waals surface area contributed by atoms with Crippen molar-refractivity contribution in [2.75, 3.05) is 23.8 Å². The Balaban J connectivity index is 1.34. The summed E-state index contributed by atoms with van der Waals surface area (Å²) >= 11 is 23.6. The molecule has 0 saturated heterocycles. The smallest absolute Gasteiger partial charge is 0.338 e. The molecule has 1 heterocycles. The summed E-state index contributed by atoms with van der Waals surface area (Å²) in [6.07, 6.45) is 0. The molecule has 0 spiro atoms. The van der Waals surface area contributed by atoms with Crippen molar-refractivity contribution in [2.24, 2.45) is 0 Å². The van der Waals surface area contributed by atoms with E-state index in [1.807, 2.05) is 0 Å². The minimum atomic E-state index is -1.40. The Hall–Kier alpha value is -4.16. The molecule has 0 aliphatic carbocycles. The van der Waals surface area contributed by atoms with E-state index in [1.165, 1.54) is 55.5 Å². The predicted octanol–water partition coefficient (Wildman–Crippen LogP) is 5.26. The minimum Gasteiger partial charge on any atom is -0.454 e. The molecule has 1 aliphatic heterocycles. The number of hydrogen-bond acceptors (Lipinski definition) is 8. The van der Waals surface area contributed by atoms with E-state index in [9.17, 15) is 28.8 Å². The fourth-order valence-corrected chi connectivity index (χ4v) is 5.01. The van der Waals surface area contributed by atoms with Crippen molar-refractivity contribution in [2.45, 2.75) is 13.0 Å². The van der Waals surface area contributed by atoms with Gasteiger partial charge in [-0.2, -0.15) is 0 Å². The van der Waals surface area contributed by atoms with Crippen molar-refractivity contribution in [3.8, 4) is 0 Å². The number of benzene rings is 3. The van der Waals surface area contributed by atoms with Crippen molar-refractivity contribution in [3.63, 3.8) is 0 Å². The van der Waals surface area contributed by atoms with Crippen LogP contribution in [-0.4, -0.2) is 59.7 Å². The standard InChI is InChI=1S/C28H19Cl4N3O8/c1-13(27(40)42-11-23(36)33-19-7-15(29)5-16(30)8-19)35-25(38)21-3-2-14(4-22(21)26(35)39)28(41)43-12-24(37)34-20-9-17(31)6-18(32)10-20/h2-10,13H,11-12H2,1H3,(H,33,36)(H,34,37)/t13-/m0/s1. The highest BCUT2D eigenvalue weighted by molar-refractivity contribution is 6.35. The Morgan fingerprint density at radius 1 is 0.698 bits per heavy atom. The van der Waals surface area contributed by atoms with Crippen LogP contribution in [0.4, 0.5) is 11.4 Å². The van der Waals surface area contributed by atoms with Gasteiger partial charge in [-0.3, -0.25) is 24.1 Å². The lowest BCUT2D eigenvalue weighted by Gasteiger charge is -2.20. The third kappa shape index (κ3) is 7.82. The van der Waals surface area contributed by atoms with Gasteiger partial charge < -0.3 is 20.1 Å². The Morgan fingerprint density at radius 2 is 1.16 bits per heavy atom. The highest BCUT2D eigenvalue weighted by Gasteiger charge is 2.42. The largest absolute Gasteiger partial charge is 0.454 e. The molecule has 0 bridgehead atoms. The van der Waals surface area contributed by atoms with Crippen LogP contribution in [0.2, 0.25) is 20.1 Å². The van der Waals surface area contributed by atoms with Gasteiger partial charge in [-0.1, -0.05) is 46.4 Å². The molecule has 4 amide bonds. The molecule has 3 aromatic carbocycles. The molecule has 2 N–H and O–H groups in total. The highest BCUT2D eigenvalue weighted by Crippen LogP contribution is 2.27. The van der Waals surface area contributed by atoms with Gasteiger partial charge in [0.15, 0.2) is 13.2 Å². The molecule has 1 aliphatic rings. The molecule has 11 nitrogen and oxygen atoms in total. The van der Waals surface area contributed by atoms with E-state index in [4.69, 9.17) is 55.9 Å². The topological polar surface area (TPSA) is 148 Å². The summed E-state index contributed by atoms with van der Waals surface area (Å²) in [5.41, 5.74) is 0.223. The Kier molecular flexibility index (Phi) is 9.92. The Bertz CT molecular complexity index is 1640. The molecule has 0 unspecified atom stereocenters. The maximum atomic E-state index is 13.1. The van der Waals surface area contributed by atoms with Gasteiger partial charge in [0.25, 0.3) is 23.6 Å². The van der Waals surface area contributed by atoms with Gasteiger partial charge in [-0.15, -0.1) is 0 Å². The van der Waals surface area contributed by atoms with Crippen LogP contribution in [0.5, 0.6) is 0 Å². The summed E-state index contributed by atoms with van der Waals surface area (Å²) < 4.78 is 10.0. The van der Waals surface area contributed by atoms with Gasteiger partial charge in [0.1, 0.15) is 6.04 Å². The molecule has 43 heavy (non-hydrogen) atoms. The van der Waals surface area contributed by atoms with Crippen molar-refractivity contribution < 1.29 is 38.2 Å². The number of ether oxygens (including phenoxy) is 2. The number of anilines is 2. The first-order valence-electron chi connectivity index (χ1n) is 12.2. The van der Waals surface area contributed by atoms with Gasteiger partial charge in [0.2, 0.25) is 0 Å².